The normalized spacial score (nSPS) is 26.0. The Morgan fingerprint density at radius 2 is 1.44 bits per heavy atom. The van der Waals surface area contributed by atoms with E-state index in [4.69, 9.17) is 0 Å². The van der Waals surface area contributed by atoms with E-state index in [1.165, 1.54) is 65.0 Å². The SMILES string of the molecule is CCN1CCC(CN2CCC(N(C)C)CC2)CC1. The molecular weight excluding hydrogens is 222 g/mol. The topological polar surface area (TPSA) is 9.72 Å². The lowest BCUT2D eigenvalue weighted by molar-refractivity contribution is 0.105. The second kappa shape index (κ2) is 6.88. The standard InChI is InChI=1S/C15H31N3/c1-4-17-9-5-14(6-10-17)13-18-11-7-15(8-12-18)16(2)3/h14-15H,4-13H2,1-3H3. The van der Waals surface area contributed by atoms with Gasteiger partial charge in [-0.2, -0.15) is 0 Å². The van der Waals surface area contributed by atoms with Gasteiger partial charge in [-0.1, -0.05) is 6.92 Å². The molecule has 3 nitrogen and oxygen atoms in total. The zero-order valence-corrected chi connectivity index (χ0v) is 12.6. The molecule has 2 fully saturated rings. The van der Waals surface area contributed by atoms with E-state index in [1.54, 1.807) is 0 Å². The van der Waals surface area contributed by atoms with Crippen LogP contribution in [0.25, 0.3) is 0 Å². The van der Waals surface area contributed by atoms with Gasteiger partial charge in [0.2, 0.25) is 0 Å². The molecule has 0 N–H and O–H groups in total. The Bertz CT molecular complexity index is 226. The molecule has 0 aliphatic carbocycles. The molecule has 0 spiro atoms. The Labute approximate surface area is 113 Å². The van der Waals surface area contributed by atoms with Gasteiger partial charge in [-0.15, -0.1) is 0 Å². The van der Waals surface area contributed by atoms with E-state index in [0.29, 0.717) is 0 Å². The van der Waals surface area contributed by atoms with E-state index >= 15 is 0 Å². The van der Waals surface area contributed by atoms with E-state index < -0.39 is 0 Å². The predicted octanol–water partition coefficient (Wildman–Crippen LogP) is 1.74. The Morgan fingerprint density at radius 3 is 1.94 bits per heavy atom. The van der Waals surface area contributed by atoms with E-state index in [1.807, 2.05) is 0 Å². The first-order valence-electron chi connectivity index (χ1n) is 7.80. The Hall–Kier alpha value is -0.120. The molecule has 2 aliphatic rings. The lowest BCUT2D eigenvalue weighted by atomic mass is 9.94. The molecule has 18 heavy (non-hydrogen) atoms. The van der Waals surface area contributed by atoms with Crippen molar-refractivity contribution in [3.63, 3.8) is 0 Å². The smallest absolute Gasteiger partial charge is 0.0113 e. The van der Waals surface area contributed by atoms with E-state index in [-0.39, 0.29) is 0 Å². The number of nitrogens with zero attached hydrogens (tertiary/aromatic N) is 3. The monoisotopic (exact) mass is 253 g/mol. The molecule has 0 aromatic heterocycles. The van der Waals surface area contributed by atoms with Crippen molar-refractivity contribution in [3.05, 3.63) is 0 Å². The average Bonchev–Trinajstić information content (AvgIpc) is 2.40. The zero-order chi connectivity index (χ0) is 13.0. The Kier molecular flexibility index (Phi) is 5.46. The van der Waals surface area contributed by atoms with Gasteiger partial charge in [-0.3, -0.25) is 0 Å². The van der Waals surface area contributed by atoms with Gasteiger partial charge in [0.1, 0.15) is 0 Å². The van der Waals surface area contributed by atoms with Crippen molar-refractivity contribution in [2.75, 3.05) is 53.4 Å². The molecule has 2 heterocycles. The highest BCUT2D eigenvalue weighted by Gasteiger charge is 2.24. The van der Waals surface area contributed by atoms with Crippen molar-refractivity contribution in [1.82, 2.24) is 14.7 Å². The third-order valence-corrected chi connectivity index (χ3v) is 4.96. The molecule has 106 valence electrons. The molecule has 3 heteroatoms. The van der Waals surface area contributed by atoms with Crippen LogP contribution in [0.3, 0.4) is 0 Å². The van der Waals surface area contributed by atoms with Crippen molar-refractivity contribution in [2.24, 2.45) is 5.92 Å². The highest BCUT2D eigenvalue weighted by Crippen LogP contribution is 2.21. The van der Waals surface area contributed by atoms with Crippen LogP contribution < -0.4 is 0 Å². The largest absolute Gasteiger partial charge is 0.306 e. The van der Waals surface area contributed by atoms with Crippen molar-refractivity contribution in [2.45, 2.75) is 38.6 Å². The van der Waals surface area contributed by atoms with Gasteiger partial charge in [0.15, 0.2) is 0 Å². The summed E-state index contributed by atoms with van der Waals surface area (Å²) in [6, 6.07) is 0.822. The van der Waals surface area contributed by atoms with Crippen molar-refractivity contribution in [1.29, 1.82) is 0 Å². The van der Waals surface area contributed by atoms with E-state index in [9.17, 15) is 0 Å². The van der Waals surface area contributed by atoms with Crippen molar-refractivity contribution < 1.29 is 0 Å². The molecule has 0 aromatic rings. The van der Waals surface area contributed by atoms with E-state index in [2.05, 4.69) is 35.7 Å². The molecule has 2 rings (SSSR count). The highest BCUT2D eigenvalue weighted by molar-refractivity contribution is 4.80. The van der Waals surface area contributed by atoms with Gasteiger partial charge in [0.25, 0.3) is 0 Å². The number of hydrogen-bond acceptors (Lipinski definition) is 3. The summed E-state index contributed by atoms with van der Waals surface area (Å²) in [5.41, 5.74) is 0. The Morgan fingerprint density at radius 1 is 0.889 bits per heavy atom. The summed E-state index contributed by atoms with van der Waals surface area (Å²) < 4.78 is 0. The molecule has 0 bridgehead atoms. The lowest BCUT2D eigenvalue weighted by Crippen LogP contribution is -2.45. The fourth-order valence-corrected chi connectivity index (χ4v) is 3.47. The molecule has 0 atom stereocenters. The summed E-state index contributed by atoms with van der Waals surface area (Å²) in [6.07, 6.45) is 5.56. The molecule has 2 aliphatic heterocycles. The number of piperidine rings is 2. The summed E-state index contributed by atoms with van der Waals surface area (Å²) >= 11 is 0. The van der Waals surface area contributed by atoms with Crippen LogP contribution >= 0.6 is 0 Å². The summed E-state index contributed by atoms with van der Waals surface area (Å²) in [4.78, 5) is 7.71. The first-order chi connectivity index (χ1) is 8.69. The molecule has 2 saturated heterocycles. The number of hydrogen-bond donors (Lipinski definition) is 0. The minimum Gasteiger partial charge on any atom is -0.306 e. The maximum Gasteiger partial charge on any atom is 0.0113 e. The average molecular weight is 253 g/mol. The van der Waals surface area contributed by atoms with Crippen LogP contribution in [0.1, 0.15) is 32.6 Å². The van der Waals surface area contributed by atoms with Crippen LogP contribution in [0.4, 0.5) is 0 Å². The predicted molar refractivity (Wildman–Crippen MR) is 78.0 cm³/mol. The lowest BCUT2D eigenvalue weighted by Gasteiger charge is -2.38. The quantitative estimate of drug-likeness (QED) is 0.756. The van der Waals surface area contributed by atoms with Gasteiger partial charge in [0, 0.05) is 12.6 Å². The zero-order valence-electron chi connectivity index (χ0n) is 12.6. The van der Waals surface area contributed by atoms with Gasteiger partial charge in [-0.25, -0.2) is 0 Å². The summed E-state index contributed by atoms with van der Waals surface area (Å²) in [6.45, 7) is 10.2. The molecule has 0 radical (unpaired) electrons. The summed E-state index contributed by atoms with van der Waals surface area (Å²) in [5.74, 6) is 0.962. The minimum atomic E-state index is 0.822. The van der Waals surface area contributed by atoms with Crippen LogP contribution in [0, 0.1) is 5.92 Å². The molecule has 0 aromatic carbocycles. The molecular formula is C15H31N3. The van der Waals surface area contributed by atoms with Gasteiger partial charge in [0.05, 0.1) is 0 Å². The molecule has 0 saturated carbocycles. The second-order valence-electron chi connectivity index (χ2n) is 6.37. The van der Waals surface area contributed by atoms with Crippen LogP contribution in [-0.4, -0.2) is 74.1 Å². The van der Waals surface area contributed by atoms with Gasteiger partial charge in [-0.05, 0) is 78.4 Å². The number of rotatable bonds is 4. The summed E-state index contributed by atoms with van der Waals surface area (Å²) in [5, 5.41) is 0. The second-order valence-corrected chi connectivity index (χ2v) is 6.37. The van der Waals surface area contributed by atoms with E-state index in [0.717, 1.165) is 12.0 Å². The third kappa shape index (κ3) is 3.94. The fourth-order valence-electron chi connectivity index (χ4n) is 3.47. The fraction of sp³-hybridized carbons (Fsp3) is 1.00. The minimum absolute atomic E-state index is 0.822. The van der Waals surface area contributed by atoms with Crippen molar-refractivity contribution in [3.8, 4) is 0 Å². The van der Waals surface area contributed by atoms with Crippen molar-refractivity contribution >= 4 is 0 Å². The van der Waals surface area contributed by atoms with Crippen LogP contribution in [0.2, 0.25) is 0 Å². The Balaban J connectivity index is 1.66. The first kappa shape index (κ1) is 14.3. The molecule has 0 unspecified atom stereocenters. The van der Waals surface area contributed by atoms with Crippen LogP contribution in [-0.2, 0) is 0 Å². The number of likely N-dealkylation sites (tertiary alicyclic amines) is 2. The highest BCUT2D eigenvalue weighted by atomic mass is 15.2. The van der Waals surface area contributed by atoms with Gasteiger partial charge >= 0.3 is 0 Å². The van der Waals surface area contributed by atoms with Crippen LogP contribution in [0.5, 0.6) is 0 Å². The maximum atomic E-state index is 2.71. The third-order valence-electron chi connectivity index (χ3n) is 4.96. The van der Waals surface area contributed by atoms with Gasteiger partial charge < -0.3 is 14.7 Å². The first-order valence-corrected chi connectivity index (χ1v) is 7.80. The molecule has 0 amide bonds. The van der Waals surface area contributed by atoms with Crippen LogP contribution in [0.15, 0.2) is 0 Å². The summed E-state index contributed by atoms with van der Waals surface area (Å²) in [7, 11) is 4.45. The maximum absolute atomic E-state index is 2.71.